The number of carboxylic acid groups (broad SMARTS) is 1. The molecule has 0 aromatic rings. The molecule has 21 heavy (non-hydrogen) atoms. The Kier molecular flexibility index (Phi) is 14.5. The van der Waals surface area contributed by atoms with E-state index in [9.17, 15) is 9.59 Å². The van der Waals surface area contributed by atoms with Crippen LogP contribution in [0.3, 0.4) is 0 Å². The minimum absolute atomic E-state index is 0.184. The number of carbonyl (C=O) groups is 2. The van der Waals surface area contributed by atoms with Gasteiger partial charge in [-0.1, -0.05) is 64.0 Å². The summed E-state index contributed by atoms with van der Waals surface area (Å²) >= 11 is 0. The standard InChI is InChI=1S/C18H32O3/c1-2-3-4-5-6-7-8-9-10-11-12-13-14-15-16-17(19)18(20)21/h9-10H,2-8,11-16H2,1H3,(H,20,21)/b10-9-. The Morgan fingerprint density at radius 1 is 0.762 bits per heavy atom. The summed E-state index contributed by atoms with van der Waals surface area (Å²) in [6.45, 7) is 2.24. The van der Waals surface area contributed by atoms with Crippen LogP contribution in [0.1, 0.15) is 90.4 Å². The highest BCUT2D eigenvalue weighted by Gasteiger charge is 2.09. The lowest BCUT2D eigenvalue weighted by molar-refractivity contribution is -0.149. The molecule has 0 fully saturated rings. The van der Waals surface area contributed by atoms with E-state index in [-0.39, 0.29) is 6.42 Å². The Morgan fingerprint density at radius 2 is 1.24 bits per heavy atom. The van der Waals surface area contributed by atoms with E-state index < -0.39 is 11.8 Å². The molecule has 0 aliphatic carbocycles. The maximum Gasteiger partial charge on any atom is 0.372 e. The second kappa shape index (κ2) is 15.3. The molecule has 0 rings (SSSR count). The Morgan fingerprint density at radius 3 is 1.76 bits per heavy atom. The zero-order chi connectivity index (χ0) is 15.8. The second-order valence-corrected chi connectivity index (χ2v) is 5.71. The van der Waals surface area contributed by atoms with Crippen molar-refractivity contribution in [1.29, 1.82) is 0 Å². The molecule has 0 unspecified atom stereocenters. The normalized spacial score (nSPS) is 11.1. The van der Waals surface area contributed by atoms with Gasteiger partial charge in [0.1, 0.15) is 0 Å². The summed E-state index contributed by atoms with van der Waals surface area (Å²) in [5, 5.41) is 8.43. The zero-order valence-electron chi connectivity index (χ0n) is 13.6. The molecule has 3 heteroatoms. The number of hydrogen-bond acceptors (Lipinski definition) is 2. The van der Waals surface area contributed by atoms with E-state index in [2.05, 4.69) is 19.1 Å². The second-order valence-electron chi connectivity index (χ2n) is 5.71. The molecule has 1 N–H and O–H groups in total. The lowest BCUT2D eigenvalue weighted by atomic mass is 10.1. The van der Waals surface area contributed by atoms with Crippen molar-refractivity contribution < 1.29 is 14.7 Å². The summed E-state index contributed by atoms with van der Waals surface area (Å²) in [6, 6.07) is 0. The number of ketones is 1. The average Bonchev–Trinajstić information content (AvgIpc) is 2.47. The predicted molar refractivity (Wildman–Crippen MR) is 87.5 cm³/mol. The molecule has 0 aliphatic heterocycles. The third kappa shape index (κ3) is 15.1. The number of Topliss-reactive ketones (excluding diaryl/α,β-unsaturated/α-hetero) is 1. The van der Waals surface area contributed by atoms with E-state index in [0.29, 0.717) is 6.42 Å². The first-order valence-corrected chi connectivity index (χ1v) is 8.59. The first-order chi connectivity index (χ1) is 10.2. The van der Waals surface area contributed by atoms with Crippen LogP contribution in [0.2, 0.25) is 0 Å². The fourth-order valence-electron chi connectivity index (χ4n) is 2.29. The predicted octanol–water partition coefficient (Wildman–Crippen LogP) is 5.29. The summed E-state index contributed by atoms with van der Waals surface area (Å²) in [4.78, 5) is 21.2. The first-order valence-electron chi connectivity index (χ1n) is 8.59. The number of hydrogen-bond donors (Lipinski definition) is 1. The molecule has 0 aromatic carbocycles. The van der Waals surface area contributed by atoms with Gasteiger partial charge >= 0.3 is 5.97 Å². The number of carbonyl (C=O) groups excluding carboxylic acids is 1. The highest BCUT2D eigenvalue weighted by Crippen LogP contribution is 2.09. The van der Waals surface area contributed by atoms with Crippen LogP contribution >= 0.6 is 0 Å². The minimum atomic E-state index is -1.30. The molecule has 0 saturated heterocycles. The van der Waals surface area contributed by atoms with Gasteiger partial charge in [-0.3, -0.25) is 4.79 Å². The molecule has 0 bridgehead atoms. The topological polar surface area (TPSA) is 54.4 Å². The van der Waals surface area contributed by atoms with Crippen LogP contribution < -0.4 is 0 Å². The van der Waals surface area contributed by atoms with Crippen LogP contribution in [0, 0.1) is 0 Å². The van der Waals surface area contributed by atoms with Crippen molar-refractivity contribution in [3.63, 3.8) is 0 Å². The molecule has 0 radical (unpaired) electrons. The summed E-state index contributed by atoms with van der Waals surface area (Å²) < 4.78 is 0. The van der Waals surface area contributed by atoms with Crippen LogP contribution in [0.15, 0.2) is 12.2 Å². The lowest BCUT2D eigenvalue weighted by Crippen LogP contribution is -2.11. The van der Waals surface area contributed by atoms with Crippen LogP contribution in [-0.2, 0) is 9.59 Å². The Hall–Kier alpha value is -1.12. The van der Waals surface area contributed by atoms with Crippen molar-refractivity contribution in [3.05, 3.63) is 12.2 Å². The monoisotopic (exact) mass is 296 g/mol. The van der Waals surface area contributed by atoms with Gasteiger partial charge in [0.2, 0.25) is 5.78 Å². The van der Waals surface area contributed by atoms with E-state index in [1.807, 2.05) is 0 Å². The third-order valence-corrected chi connectivity index (χ3v) is 3.65. The van der Waals surface area contributed by atoms with Crippen molar-refractivity contribution in [2.75, 3.05) is 0 Å². The van der Waals surface area contributed by atoms with Crippen LogP contribution in [0.25, 0.3) is 0 Å². The Labute approximate surface area is 129 Å². The molecule has 0 heterocycles. The molecular formula is C18H32O3. The van der Waals surface area contributed by atoms with Gasteiger partial charge in [-0.2, -0.15) is 0 Å². The van der Waals surface area contributed by atoms with Gasteiger partial charge in [0, 0.05) is 6.42 Å². The van der Waals surface area contributed by atoms with E-state index >= 15 is 0 Å². The van der Waals surface area contributed by atoms with E-state index in [1.54, 1.807) is 0 Å². The van der Waals surface area contributed by atoms with E-state index in [4.69, 9.17) is 5.11 Å². The van der Waals surface area contributed by atoms with Crippen molar-refractivity contribution in [2.24, 2.45) is 0 Å². The van der Waals surface area contributed by atoms with Crippen molar-refractivity contribution in [3.8, 4) is 0 Å². The SMILES string of the molecule is CCCCCCCC/C=C\CCCCCCC(=O)C(=O)O. The maximum atomic E-state index is 10.9. The highest BCUT2D eigenvalue weighted by molar-refractivity contribution is 6.32. The van der Waals surface area contributed by atoms with Crippen LogP contribution in [0.5, 0.6) is 0 Å². The summed E-state index contributed by atoms with van der Waals surface area (Å²) in [5.41, 5.74) is 0. The van der Waals surface area contributed by atoms with Gasteiger partial charge in [-0.25, -0.2) is 4.79 Å². The fourth-order valence-corrected chi connectivity index (χ4v) is 2.29. The summed E-state index contributed by atoms with van der Waals surface area (Å²) in [7, 11) is 0. The highest BCUT2D eigenvalue weighted by atomic mass is 16.4. The van der Waals surface area contributed by atoms with E-state index in [0.717, 1.165) is 25.7 Å². The van der Waals surface area contributed by atoms with Crippen LogP contribution in [-0.4, -0.2) is 16.9 Å². The van der Waals surface area contributed by atoms with Gasteiger partial charge < -0.3 is 5.11 Å². The average molecular weight is 296 g/mol. The number of carboxylic acids is 1. The molecule has 3 nitrogen and oxygen atoms in total. The first kappa shape index (κ1) is 19.9. The van der Waals surface area contributed by atoms with Gasteiger partial charge in [0.15, 0.2) is 0 Å². The zero-order valence-corrected chi connectivity index (χ0v) is 13.6. The van der Waals surface area contributed by atoms with Crippen LogP contribution in [0.4, 0.5) is 0 Å². The number of unbranched alkanes of at least 4 members (excludes halogenated alkanes) is 10. The van der Waals surface area contributed by atoms with Gasteiger partial charge in [-0.05, 0) is 32.1 Å². The maximum absolute atomic E-state index is 10.9. The minimum Gasteiger partial charge on any atom is -0.476 e. The molecule has 0 spiro atoms. The van der Waals surface area contributed by atoms with Gasteiger partial charge in [-0.15, -0.1) is 0 Å². The molecule has 0 saturated carbocycles. The van der Waals surface area contributed by atoms with E-state index in [1.165, 1.54) is 44.9 Å². The van der Waals surface area contributed by atoms with Crippen molar-refractivity contribution in [1.82, 2.24) is 0 Å². The van der Waals surface area contributed by atoms with Crippen molar-refractivity contribution in [2.45, 2.75) is 90.4 Å². The molecule has 0 aromatic heterocycles. The Balaban J connectivity index is 3.19. The number of aliphatic carboxylic acids is 1. The molecular weight excluding hydrogens is 264 g/mol. The molecule has 0 amide bonds. The molecule has 122 valence electrons. The number of rotatable bonds is 15. The smallest absolute Gasteiger partial charge is 0.372 e. The summed E-state index contributed by atoms with van der Waals surface area (Å²) in [5.74, 6) is -1.96. The molecule has 0 atom stereocenters. The van der Waals surface area contributed by atoms with Gasteiger partial charge in [0.05, 0.1) is 0 Å². The Bertz CT molecular complexity index is 295. The van der Waals surface area contributed by atoms with Crippen molar-refractivity contribution >= 4 is 11.8 Å². The quantitative estimate of drug-likeness (QED) is 0.254. The number of allylic oxidation sites excluding steroid dienone is 2. The lowest BCUT2D eigenvalue weighted by Gasteiger charge is -1.99. The van der Waals surface area contributed by atoms with Gasteiger partial charge in [0.25, 0.3) is 0 Å². The largest absolute Gasteiger partial charge is 0.476 e. The third-order valence-electron chi connectivity index (χ3n) is 3.65. The summed E-state index contributed by atoms with van der Waals surface area (Å²) in [6.07, 6.45) is 19.0. The molecule has 0 aliphatic rings. The fraction of sp³-hybridized carbons (Fsp3) is 0.778.